The normalized spacial score (nSPS) is 11.7. The number of fused-ring (bicyclic) bond motifs is 2. The average Bonchev–Trinajstić information content (AvgIpc) is 3.13. The van der Waals surface area contributed by atoms with Crippen LogP contribution in [0.2, 0.25) is 0 Å². The molecule has 0 spiro atoms. The molecular weight excluding hydrogens is 398 g/mol. The number of nitrogens with zero attached hydrogens (tertiary/aromatic N) is 1. The number of aromatic nitrogens is 1. The van der Waals surface area contributed by atoms with E-state index in [1.54, 1.807) is 32.9 Å². The molecule has 0 fully saturated rings. The second-order valence-electron chi connectivity index (χ2n) is 7.95. The van der Waals surface area contributed by atoms with Crippen molar-refractivity contribution in [3.63, 3.8) is 0 Å². The summed E-state index contributed by atoms with van der Waals surface area (Å²) >= 11 is 1.48. The highest BCUT2D eigenvalue weighted by atomic mass is 32.1. The molecule has 0 saturated heterocycles. The van der Waals surface area contributed by atoms with Gasteiger partial charge < -0.3 is 9.15 Å². The molecule has 0 amide bonds. The first-order valence-corrected chi connectivity index (χ1v) is 10.8. The zero-order valence-corrected chi connectivity index (χ0v) is 18.4. The van der Waals surface area contributed by atoms with Crippen molar-refractivity contribution >= 4 is 38.5 Å². The molecule has 0 radical (unpaired) electrons. The van der Waals surface area contributed by atoms with Crippen molar-refractivity contribution < 1.29 is 13.9 Å². The third-order valence-corrected chi connectivity index (χ3v) is 6.05. The van der Waals surface area contributed by atoms with Crippen molar-refractivity contribution in [1.82, 2.24) is 4.98 Å². The Hall–Kier alpha value is -2.99. The van der Waals surface area contributed by atoms with Crippen molar-refractivity contribution in [3.8, 4) is 16.3 Å². The van der Waals surface area contributed by atoms with E-state index in [2.05, 4.69) is 4.98 Å². The molecule has 0 saturated carbocycles. The summed E-state index contributed by atoms with van der Waals surface area (Å²) in [5, 5.41) is 1.11. The maximum atomic E-state index is 13.5. The number of hydrogen-bond acceptors (Lipinski definition) is 6. The molecule has 0 bridgehead atoms. The molecule has 6 heteroatoms. The van der Waals surface area contributed by atoms with E-state index in [-0.39, 0.29) is 23.2 Å². The predicted octanol–water partition coefficient (Wildman–Crippen LogP) is 6.06. The molecule has 30 heavy (non-hydrogen) atoms. The molecule has 4 rings (SSSR count). The highest BCUT2D eigenvalue weighted by Gasteiger charge is 2.23. The monoisotopic (exact) mass is 421 g/mol. The van der Waals surface area contributed by atoms with E-state index in [4.69, 9.17) is 9.15 Å². The minimum Gasteiger partial charge on any atom is -0.459 e. The standard InChI is InChI=1S/C24H23NO4S/c1-12(2)21-19(23-25-16-8-6-7-9-18(16)30-23)20(26)15-10-11-17(14(5)22(15)29-21)28-24(27)13(3)4/h6-13H,1-5H3. The van der Waals surface area contributed by atoms with Crippen molar-refractivity contribution in [3.05, 3.63) is 57.9 Å². The van der Waals surface area contributed by atoms with Crippen LogP contribution in [0.4, 0.5) is 0 Å². The van der Waals surface area contributed by atoms with Gasteiger partial charge in [-0.25, -0.2) is 4.98 Å². The fourth-order valence-corrected chi connectivity index (χ4v) is 4.33. The molecule has 0 aliphatic carbocycles. The second kappa shape index (κ2) is 7.69. The predicted molar refractivity (Wildman–Crippen MR) is 120 cm³/mol. The van der Waals surface area contributed by atoms with Crippen molar-refractivity contribution in [2.24, 2.45) is 5.92 Å². The van der Waals surface area contributed by atoms with Crippen molar-refractivity contribution in [2.45, 2.75) is 40.5 Å². The molecular formula is C24H23NO4S. The van der Waals surface area contributed by atoms with Gasteiger partial charge >= 0.3 is 5.97 Å². The average molecular weight is 422 g/mol. The third kappa shape index (κ3) is 3.41. The van der Waals surface area contributed by atoms with Crippen LogP contribution in [0.15, 0.2) is 45.6 Å². The number of rotatable bonds is 4. The Bertz CT molecular complexity index is 1300. The minimum atomic E-state index is -0.324. The van der Waals surface area contributed by atoms with E-state index in [1.807, 2.05) is 38.1 Å². The van der Waals surface area contributed by atoms with Gasteiger partial charge in [-0.05, 0) is 31.2 Å². The van der Waals surface area contributed by atoms with Crippen molar-refractivity contribution in [1.29, 1.82) is 0 Å². The van der Waals surface area contributed by atoms with E-state index in [9.17, 15) is 9.59 Å². The van der Waals surface area contributed by atoms with Crippen LogP contribution in [-0.4, -0.2) is 11.0 Å². The third-order valence-electron chi connectivity index (χ3n) is 5.00. The molecule has 4 aromatic rings. The quantitative estimate of drug-likeness (QED) is 0.296. The number of hydrogen-bond donors (Lipinski definition) is 0. The highest BCUT2D eigenvalue weighted by molar-refractivity contribution is 7.21. The Kier molecular flexibility index (Phi) is 5.20. The fourth-order valence-electron chi connectivity index (χ4n) is 3.32. The zero-order valence-electron chi connectivity index (χ0n) is 17.6. The van der Waals surface area contributed by atoms with Crippen LogP contribution < -0.4 is 10.2 Å². The number of carbonyl (C=O) groups excluding carboxylic acids is 1. The van der Waals surface area contributed by atoms with Gasteiger partial charge in [-0.3, -0.25) is 9.59 Å². The molecule has 5 nitrogen and oxygen atoms in total. The fraction of sp³-hybridized carbons (Fsp3) is 0.292. The smallest absolute Gasteiger partial charge is 0.313 e. The second-order valence-corrected chi connectivity index (χ2v) is 8.98. The molecule has 0 unspecified atom stereocenters. The summed E-state index contributed by atoms with van der Waals surface area (Å²) in [6.07, 6.45) is 0. The van der Waals surface area contributed by atoms with E-state index in [1.165, 1.54) is 11.3 Å². The number of ether oxygens (including phenoxy) is 1. The Morgan fingerprint density at radius 2 is 1.83 bits per heavy atom. The maximum absolute atomic E-state index is 13.5. The number of aryl methyl sites for hydroxylation is 1. The number of carbonyl (C=O) groups is 1. The molecule has 0 N–H and O–H groups in total. The first kappa shape index (κ1) is 20.3. The van der Waals surface area contributed by atoms with Gasteiger partial charge in [0.1, 0.15) is 22.1 Å². The summed E-state index contributed by atoms with van der Waals surface area (Å²) in [6.45, 7) is 9.33. The lowest BCUT2D eigenvalue weighted by atomic mass is 10.0. The van der Waals surface area contributed by atoms with Gasteiger partial charge in [0.15, 0.2) is 0 Å². The molecule has 2 aromatic carbocycles. The number of thiazole rings is 1. The summed E-state index contributed by atoms with van der Waals surface area (Å²) in [6, 6.07) is 11.1. The SMILES string of the molecule is Cc1c(OC(=O)C(C)C)ccc2c(=O)c(-c3nc4ccccc4s3)c(C(C)C)oc12. The van der Waals surface area contributed by atoms with Crippen LogP contribution in [0.5, 0.6) is 5.75 Å². The van der Waals surface area contributed by atoms with Gasteiger partial charge in [0, 0.05) is 11.5 Å². The Labute approximate surface area is 178 Å². The summed E-state index contributed by atoms with van der Waals surface area (Å²) in [5.41, 5.74) is 2.33. The first-order valence-electron chi connectivity index (χ1n) is 9.95. The van der Waals surface area contributed by atoms with Gasteiger partial charge in [-0.1, -0.05) is 39.8 Å². The Morgan fingerprint density at radius 3 is 2.50 bits per heavy atom. The van der Waals surface area contributed by atoms with Gasteiger partial charge in [-0.15, -0.1) is 11.3 Å². The molecule has 0 aliphatic heterocycles. The van der Waals surface area contributed by atoms with Crippen LogP contribution in [0, 0.1) is 12.8 Å². The van der Waals surface area contributed by atoms with Crippen LogP contribution >= 0.6 is 11.3 Å². The van der Waals surface area contributed by atoms with Crippen LogP contribution in [0.3, 0.4) is 0 Å². The molecule has 154 valence electrons. The topological polar surface area (TPSA) is 69.4 Å². The summed E-state index contributed by atoms with van der Waals surface area (Å²) in [7, 11) is 0. The Morgan fingerprint density at radius 1 is 1.10 bits per heavy atom. The lowest BCUT2D eigenvalue weighted by Gasteiger charge is -2.14. The molecule has 0 aliphatic rings. The van der Waals surface area contributed by atoms with Gasteiger partial charge in [0.25, 0.3) is 0 Å². The maximum Gasteiger partial charge on any atom is 0.313 e. The van der Waals surface area contributed by atoms with Gasteiger partial charge in [0.2, 0.25) is 5.43 Å². The summed E-state index contributed by atoms with van der Waals surface area (Å²) in [5.74, 6) is 0.397. The number of esters is 1. The van der Waals surface area contributed by atoms with Gasteiger partial charge in [-0.2, -0.15) is 0 Å². The largest absolute Gasteiger partial charge is 0.459 e. The Balaban J connectivity index is 1.96. The van der Waals surface area contributed by atoms with Crippen LogP contribution in [0.1, 0.15) is 44.9 Å². The van der Waals surface area contributed by atoms with Crippen LogP contribution in [0.25, 0.3) is 31.8 Å². The molecule has 0 atom stereocenters. The first-order chi connectivity index (χ1) is 14.3. The van der Waals surface area contributed by atoms with E-state index in [0.717, 1.165) is 10.2 Å². The summed E-state index contributed by atoms with van der Waals surface area (Å²) in [4.78, 5) is 30.3. The van der Waals surface area contributed by atoms with Crippen molar-refractivity contribution in [2.75, 3.05) is 0 Å². The summed E-state index contributed by atoms with van der Waals surface area (Å²) < 4.78 is 12.8. The molecule has 2 aromatic heterocycles. The number of para-hydroxylation sites is 1. The molecule has 2 heterocycles. The number of benzene rings is 2. The van der Waals surface area contributed by atoms with Crippen LogP contribution in [-0.2, 0) is 4.79 Å². The minimum absolute atomic E-state index is 0.0228. The zero-order chi connectivity index (χ0) is 21.6. The lowest BCUT2D eigenvalue weighted by molar-refractivity contribution is -0.137. The lowest BCUT2D eigenvalue weighted by Crippen LogP contribution is -2.16. The van der Waals surface area contributed by atoms with E-state index in [0.29, 0.717) is 38.6 Å². The van der Waals surface area contributed by atoms with Gasteiger partial charge in [0.05, 0.1) is 27.1 Å². The highest BCUT2D eigenvalue weighted by Crippen LogP contribution is 2.36. The van der Waals surface area contributed by atoms with E-state index < -0.39 is 0 Å². The van der Waals surface area contributed by atoms with E-state index >= 15 is 0 Å².